The Morgan fingerprint density at radius 3 is 1.58 bits per heavy atom. The first-order valence-corrected chi connectivity index (χ1v) is 27.9. The zero-order valence-electron chi connectivity index (χ0n) is 46.1. The highest BCUT2D eigenvalue weighted by atomic mass is 16.3. The van der Waals surface area contributed by atoms with Gasteiger partial charge in [-0.1, -0.05) is 119 Å². The van der Waals surface area contributed by atoms with Gasteiger partial charge < -0.3 is 14.2 Å². The maximum atomic E-state index is 7.78. The third kappa shape index (κ3) is 6.61. The summed E-state index contributed by atoms with van der Waals surface area (Å²) in [6.45, 7) is 34.2. The van der Waals surface area contributed by atoms with Gasteiger partial charge in [-0.3, -0.25) is 0 Å². The molecule has 368 valence electrons. The van der Waals surface area contributed by atoms with E-state index in [-0.39, 0.29) is 39.2 Å². The van der Waals surface area contributed by atoms with E-state index in [2.05, 4.69) is 198 Å². The van der Waals surface area contributed by atoms with E-state index < -0.39 is 0 Å². The molecule has 4 heteroatoms. The first-order chi connectivity index (χ1) is 34.0. The summed E-state index contributed by atoms with van der Waals surface area (Å²) in [6.07, 6.45) is 11.8. The largest absolute Gasteiger partial charge is 0.468 e. The number of hydrogen-bond acceptors (Lipinski definition) is 3. The number of anilines is 6. The van der Waals surface area contributed by atoms with Crippen LogP contribution in [0.15, 0.2) is 95.4 Å². The van der Waals surface area contributed by atoms with E-state index in [0.717, 1.165) is 43.3 Å². The molecular weight excluding hydrogens is 872 g/mol. The quantitative estimate of drug-likeness (QED) is 0.165. The molecule has 0 spiro atoms. The highest BCUT2D eigenvalue weighted by molar-refractivity contribution is 7.00. The van der Waals surface area contributed by atoms with Crippen LogP contribution in [0.4, 0.5) is 34.1 Å². The number of benzene rings is 6. The number of furan rings is 1. The van der Waals surface area contributed by atoms with Crippen LogP contribution in [0, 0.1) is 13.8 Å². The van der Waals surface area contributed by atoms with Crippen LogP contribution < -0.4 is 26.4 Å². The average molecular weight is 949 g/mol. The van der Waals surface area contributed by atoms with Gasteiger partial charge in [-0.05, 0) is 243 Å². The number of hydrogen-bond donors (Lipinski definition) is 0. The van der Waals surface area contributed by atoms with E-state index in [9.17, 15) is 0 Å². The number of nitrogens with zero attached hydrogens (tertiary/aromatic N) is 2. The molecule has 0 saturated carbocycles. The molecule has 0 amide bonds. The van der Waals surface area contributed by atoms with Gasteiger partial charge in [0.05, 0.1) is 11.3 Å². The van der Waals surface area contributed by atoms with Gasteiger partial charge in [-0.2, -0.15) is 0 Å². The topological polar surface area (TPSA) is 19.6 Å². The summed E-state index contributed by atoms with van der Waals surface area (Å²) in [4.78, 5) is 5.41. The minimum Gasteiger partial charge on any atom is -0.468 e. The molecular formula is C68H77BN2O. The van der Waals surface area contributed by atoms with Gasteiger partial charge in [0.1, 0.15) is 5.58 Å². The molecule has 6 aromatic carbocycles. The summed E-state index contributed by atoms with van der Waals surface area (Å²) in [5.74, 6) is 0. The number of fused-ring (bicyclic) bond motifs is 10. The van der Waals surface area contributed by atoms with Gasteiger partial charge in [0.15, 0.2) is 0 Å². The van der Waals surface area contributed by atoms with Crippen molar-refractivity contribution in [2.75, 3.05) is 9.80 Å². The van der Waals surface area contributed by atoms with E-state index in [4.69, 9.17) is 4.42 Å². The van der Waals surface area contributed by atoms with Crippen LogP contribution in [0.2, 0.25) is 0 Å². The molecule has 3 nitrogen and oxygen atoms in total. The zero-order chi connectivity index (χ0) is 50.4. The van der Waals surface area contributed by atoms with Crippen molar-refractivity contribution in [3.05, 3.63) is 147 Å². The van der Waals surface area contributed by atoms with Crippen molar-refractivity contribution in [1.29, 1.82) is 0 Å². The molecule has 0 atom stereocenters. The fraction of sp³-hybridized carbons (Fsp3) is 0.441. The van der Waals surface area contributed by atoms with Crippen LogP contribution in [0.5, 0.6) is 0 Å². The highest BCUT2D eigenvalue weighted by Gasteiger charge is 2.50. The van der Waals surface area contributed by atoms with Crippen LogP contribution in [-0.2, 0) is 45.3 Å². The van der Waals surface area contributed by atoms with Gasteiger partial charge in [0, 0.05) is 33.8 Å². The molecule has 0 radical (unpaired) electrons. The average Bonchev–Trinajstić information content (AvgIpc) is 3.70. The Labute approximate surface area is 431 Å². The van der Waals surface area contributed by atoms with E-state index in [1.807, 2.05) is 0 Å². The third-order valence-corrected chi connectivity index (χ3v) is 20.1. The monoisotopic (exact) mass is 949 g/mol. The second kappa shape index (κ2) is 15.1. The maximum Gasteiger partial charge on any atom is 0.297 e. The normalized spacial score (nSPS) is 20.9. The van der Waals surface area contributed by atoms with Gasteiger partial charge in [-0.15, -0.1) is 0 Å². The summed E-state index contributed by atoms with van der Waals surface area (Å²) in [5.41, 5.74) is 29.8. The van der Waals surface area contributed by atoms with E-state index in [0.29, 0.717) is 0 Å². The van der Waals surface area contributed by atoms with Crippen LogP contribution in [0.3, 0.4) is 0 Å². The molecule has 0 saturated heterocycles. The minimum absolute atomic E-state index is 0.0258. The molecule has 7 aromatic rings. The molecule has 72 heavy (non-hydrogen) atoms. The zero-order valence-corrected chi connectivity index (χ0v) is 46.1. The molecule has 3 heterocycles. The second-order valence-corrected chi connectivity index (χ2v) is 27.7. The Hall–Kier alpha value is -5.48. The molecule has 1 aromatic heterocycles. The lowest BCUT2D eigenvalue weighted by atomic mass is 9.35. The lowest BCUT2D eigenvalue weighted by Crippen LogP contribution is -2.61. The standard InChI is InChI=1S/C68H77BN2O/c1-40-18-17-19-41(2)59(40)44-33-56-60-57(34-44)71(45-23-22-42-20-15-16-21-43(42)32-45)61-47-36-50-53(68(13,14)31-28-65(50,7)8)39-58(47)72-62(61)69(60)54-37-51-52(67(11,12)30-29-66(51,9)10)38-55(54)70(56)46-24-25-48-49(35-46)64(5,6)27-26-63(48,3)4/h17-19,22-25,32-39H,15-16,20-21,26-31H2,1-14H3. The second-order valence-electron chi connectivity index (χ2n) is 27.7. The van der Waals surface area contributed by atoms with E-state index in [1.54, 1.807) is 0 Å². The fourth-order valence-electron chi connectivity index (χ4n) is 15.1. The summed E-state index contributed by atoms with van der Waals surface area (Å²) >= 11 is 0. The molecule has 2 aliphatic heterocycles. The molecule has 0 fully saturated rings. The summed E-state index contributed by atoms with van der Waals surface area (Å²) in [7, 11) is 0. The lowest BCUT2D eigenvalue weighted by Gasteiger charge is -2.47. The smallest absolute Gasteiger partial charge is 0.297 e. The van der Waals surface area contributed by atoms with Gasteiger partial charge in [0.2, 0.25) is 0 Å². The molecule has 0 unspecified atom stereocenters. The minimum atomic E-state index is -0.123. The predicted octanol–water partition coefficient (Wildman–Crippen LogP) is 16.7. The van der Waals surface area contributed by atoms with Crippen molar-refractivity contribution >= 4 is 68.4 Å². The van der Waals surface area contributed by atoms with Gasteiger partial charge in [-0.25, -0.2) is 0 Å². The van der Waals surface area contributed by atoms with Crippen LogP contribution in [-0.4, -0.2) is 6.71 Å². The first kappa shape index (κ1) is 46.3. The van der Waals surface area contributed by atoms with Crippen LogP contribution >= 0.6 is 0 Å². The lowest BCUT2D eigenvalue weighted by molar-refractivity contribution is 0.332. The Morgan fingerprint density at radius 1 is 0.458 bits per heavy atom. The van der Waals surface area contributed by atoms with E-state index >= 15 is 0 Å². The molecule has 4 aliphatic carbocycles. The van der Waals surface area contributed by atoms with Crippen molar-refractivity contribution in [2.24, 2.45) is 0 Å². The molecule has 13 rings (SSSR count). The SMILES string of the molecule is Cc1cccc(C)c1-c1cc2c3c(c1)N(c1ccc4c(c1)CCCC4)c1c(oc4cc5c(cc14)C(C)(C)CCC5(C)C)B3c1cc3c(cc1N2c1ccc2c(c1)C(C)(C)CCC2(C)C)C(C)(C)CCC3(C)C. The van der Waals surface area contributed by atoms with Crippen molar-refractivity contribution < 1.29 is 4.42 Å². The summed E-state index contributed by atoms with van der Waals surface area (Å²) in [6, 6.07) is 37.5. The number of aryl methyl sites for hydroxylation is 4. The van der Waals surface area contributed by atoms with Gasteiger partial charge >= 0.3 is 0 Å². The fourth-order valence-corrected chi connectivity index (χ4v) is 15.1. The van der Waals surface area contributed by atoms with Crippen molar-refractivity contribution in [3.63, 3.8) is 0 Å². The third-order valence-electron chi connectivity index (χ3n) is 20.1. The maximum absolute atomic E-state index is 7.78. The Balaban J connectivity index is 1.20. The molecule has 0 N–H and O–H groups in total. The van der Waals surface area contributed by atoms with Crippen molar-refractivity contribution in [3.8, 4) is 11.1 Å². The van der Waals surface area contributed by atoms with E-state index in [1.165, 1.54) is 149 Å². The Bertz CT molecular complexity index is 3460. The summed E-state index contributed by atoms with van der Waals surface area (Å²) in [5, 5.41) is 1.24. The number of rotatable bonds is 3. The van der Waals surface area contributed by atoms with Crippen molar-refractivity contribution in [1.82, 2.24) is 0 Å². The van der Waals surface area contributed by atoms with Crippen molar-refractivity contribution in [2.45, 2.75) is 194 Å². The molecule has 0 bridgehead atoms. The Morgan fingerprint density at radius 2 is 0.958 bits per heavy atom. The first-order valence-electron chi connectivity index (χ1n) is 27.9. The van der Waals surface area contributed by atoms with Crippen LogP contribution in [0.25, 0.3) is 22.1 Å². The van der Waals surface area contributed by atoms with Gasteiger partial charge in [0.25, 0.3) is 6.71 Å². The predicted molar refractivity (Wildman–Crippen MR) is 308 cm³/mol. The highest BCUT2D eigenvalue weighted by Crippen LogP contribution is 2.56. The van der Waals surface area contributed by atoms with Crippen LogP contribution in [0.1, 0.15) is 190 Å². The summed E-state index contributed by atoms with van der Waals surface area (Å²) < 4.78 is 7.78. The Kier molecular flexibility index (Phi) is 9.70. The molecule has 6 aliphatic rings.